The molecule has 2 aliphatic rings. The Morgan fingerprint density at radius 2 is 2.08 bits per heavy atom. The van der Waals surface area contributed by atoms with Crippen LogP contribution in [0.25, 0.3) is 0 Å². The minimum atomic E-state index is -0.651. The second-order valence-corrected chi connectivity index (χ2v) is 8.78. The third kappa shape index (κ3) is 3.78. The first-order valence-electron chi connectivity index (χ1n) is 8.14. The Balaban J connectivity index is 1.77. The lowest BCUT2D eigenvalue weighted by atomic mass is 10.0. The molecule has 136 valence electrons. The molecule has 1 aromatic heterocycles. The molecule has 1 saturated heterocycles. The van der Waals surface area contributed by atoms with E-state index in [-0.39, 0.29) is 27.8 Å². The van der Waals surface area contributed by atoms with Crippen molar-refractivity contribution in [2.45, 2.75) is 58.2 Å². The molecule has 3 unspecified atom stereocenters. The predicted octanol–water partition coefficient (Wildman–Crippen LogP) is 3.71. The van der Waals surface area contributed by atoms with E-state index in [1.165, 1.54) is 11.0 Å². The number of carbonyl (C=O) groups excluding carboxylic acids is 2. The smallest absolute Gasteiger partial charge is 0.411 e. The van der Waals surface area contributed by atoms with Gasteiger partial charge >= 0.3 is 6.09 Å². The molecule has 0 aromatic carbocycles. The maximum absolute atomic E-state index is 13.5. The van der Waals surface area contributed by atoms with Gasteiger partial charge in [-0.05, 0) is 55.0 Å². The molecule has 0 spiro atoms. The molecule has 1 saturated carbocycles. The number of halogens is 2. The van der Waals surface area contributed by atoms with Gasteiger partial charge in [-0.1, -0.05) is 6.92 Å². The van der Waals surface area contributed by atoms with Crippen LogP contribution in [0.5, 0.6) is 0 Å². The molecule has 1 aromatic rings. The maximum atomic E-state index is 13.5. The number of pyridine rings is 1. The Labute approximate surface area is 154 Å². The van der Waals surface area contributed by atoms with Gasteiger partial charge in [0.2, 0.25) is 5.91 Å². The molecule has 1 aliphatic carbocycles. The highest BCUT2D eigenvalue weighted by molar-refractivity contribution is 9.10. The van der Waals surface area contributed by atoms with E-state index in [1.54, 1.807) is 20.8 Å². The lowest BCUT2D eigenvalue weighted by molar-refractivity contribution is -0.121. The van der Waals surface area contributed by atoms with Crippen molar-refractivity contribution < 1.29 is 18.7 Å². The molecule has 0 radical (unpaired) electrons. The van der Waals surface area contributed by atoms with Gasteiger partial charge in [-0.15, -0.1) is 0 Å². The first-order chi connectivity index (χ1) is 11.5. The van der Waals surface area contributed by atoms with Gasteiger partial charge < -0.3 is 10.1 Å². The van der Waals surface area contributed by atoms with E-state index in [4.69, 9.17) is 4.74 Å². The molecule has 2 amide bonds. The molecule has 3 atom stereocenters. The second-order valence-electron chi connectivity index (χ2n) is 7.96. The summed E-state index contributed by atoms with van der Waals surface area (Å²) in [7, 11) is 0. The highest BCUT2D eigenvalue weighted by Gasteiger charge is 2.65. The Hall–Kier alpha value is -1.70. The summed E-state index contributed by atoms with van der Waals surface area (Å²) in [5.74, 6) is -0.793. The van der Waals surface area contributed by atoms with Crippen LogP contribution < -0.4 is 5.32 Å². The molecule has 25 heavy (non-hydrogen) atoms. The van der Waals surface area contributed by atoms with E-state index in [0.717, 1.165) is 12.5 Å². The van der Waals surface area contributed by atoms with Crippen LogP contribution in [0.4, 0.5) is 15.0 Å². The molecule has 2 fully saturated rings. The summed E-state index contributed by atoms with van der Waals surface area (Å²) in [6, 6.07) is 1.69. The van der Waals surface area contributed by atoms with Crippen molar-refractivity contribution in [2.75, 3.05) is 5.32 Å². The highest BCUT2D eigenvalue weighted by atomic mass is 79.9. The molecule has 6 nitrogen and oxygen atoms in total. The number of likely N-dealkylation sites (tertiary alicyclic amines) is 1. The topological polar surface area (TPSA) is 71.5 Å². The van der Waals surface area contributed by atoms with Crippen LogP contribution >= 0.6 is 15.9 Å². The lowest BCUT2D eigenvalue weighted by Crippen LogP contribution is -2.47. The van der Waals surface area contributed by atoms with Gasteiger partial charge in [0, 0.05) is 18.2 Å². The summed E-state index contributed by atoms with van der Waals surface area (Å²) >= 11 is 3.09. The number of aromatic nitrogens is 1. The van der Waals surface area contributed by atoms with Crippen molar-refractivity contribution in [2.24, 2.45) is 5.41 Å². The molecular weight excluding hydrogens is 393 g/mol. The van der Waals surface area contributed by atoms with Gasteiger partial charge in [-0.25, -0.2) is 14.2 Å². The molecule has 3 rings (SSSR count). The average Bonchev–Trinajstić information content (AvgIpc) is 2.96. The van der Waals surface area contributed by atoms with E-state index >= 15 is 0 Å². The number of rotatable bonds is 2. The number of ether oxygens (including phenoxy) is 1. The van der Waals surface area contributed by atoms with E-state index < -0.39 is 23.6 Å². The minimum absolute atomic E-state index is 0.00491. The van der Waals surface area contributed by atoms with Crippen LogP contribution in [-0.4, -0.2) is 39.6 Å². The maximum Gasteiger partial charge on any atom is 0.411 e. The Morgan fingerprint density at radius 1 is 1.40 bits per heavy atom. The van der Waals surface area contributed by atoms with E-state index in [2.05, 4.69) is 33.2 Å². The highest BCUT2D eigenvalue weighted by Crippen LogP contribution is 2.59. The monoisotopic (exact) mass is 413 g/mol. The summed E-state index contributed by atoms with van der Waals surface area (Å²) in [5.41, 5.74) is -0.699. The van der Waals surface area contributed by atoms with Crippen LogP contribution in [0, 0.1) is 11.2 Å². The fraction of sp³-hybridized carbons (Fsp3) is 0.588. The van der Waals surface area contributed by atoms with Crippen molar-refractivity contribution in [3.05, 3.63) is 22.6 Å². The molecule has 1 N–H and O–H groups in total. The zero-order valence-corrected chi connectivity index (χ0v) is 16.2. The quantitative estimate of drug-likeness (QED) is 0.750. The summed E-state index contributed by atoms with van der Waals surface area (Å²) in [6.07, 6.45) is 0.922. The van der Waals surface area contributed by atoms with E-state index in [0.29, 0.717) is 6.42 Å². The standard InChI is InChI=1S/C17H21BrFN3O3/c1-16(2,3)25-15(24)22-10(7-17(4)8-11(17)22)14(23)21-13-6-9(19)5-12(18)20-13/h5-6,10-11H,7-8H2,1-4H3,(H,20,21,23). The van der Waals surface area contributed by atoms with Crippen LogP contribution in [0.2, 0.25) is 0 Å². The molecular formula is C17H21BrFN3O3. The van der Waals surface area contributed by atoms with Gasteiger partial charge in [-0.2, -0.15) is 0 Å². The second kappa shape index (κ2) is 5.93. The van der Waals surface area contributed by atoms with E-state index in [9.17, 15) is 14.0 Å². The first kappa shape index (κ1) is 18.1. The van der Waals surface area contributed by atoms with Crippen LogP contribution in [0.3, 0.4) is 0 Å². The zero-order valence-electron chi connectivity index (χ0n) is 14.6. The number of hydrogen-bond acceptors (Lipinski definition) is 4. The van der Waals surface area contributed by atoms with Crippen LogP contribution in [0.15, 0.2) is 16.7 Å². The Bertz CT molecular complexity index is 716. The van der Waals surface area contributed by atoms with Crippen LogP contribution in [0.1, 0.15) is 40.5 Å². The Kier molecular flexibility index (Phi) is 4.29. The number of nitrogens with one attached hydrogen (secondary N) is 1. The van der Waals surface area contributed by atoms with Gasteiger partial charge in [0.25, 0.3) is 0 Å². The molecule has 1 aliphatic heterocycles. The number of anilines is 1. The third-order valence-electron chi connectivity index (χ3n) is 4.55. The van der Waals surface area contributed by atoms with Gasteiger partial charge in [-0.3, -0.25) is 9.69 Å². The number of piperidine rings is 1. The summed E-state index contributed by atoms with van der Waals surface area (Å²) in [6.45, 7) is 7.42. The predicted molar refractivity (Wildman–Crippen MR) is 93.5 cm³/mol. The summed E-state index contributed by atoms with van der Waals surface area (Å²) in [5, 5.41) is 2.60. The van der Waals surface area contributed by atoms with Gasteiger partial charge in [0.1, 0.15) is 27.9 Å². The SMILES string of the molecule is CC(C)(C)OC(=O)N1C(C(=O)Nc2cc(F)cc(Br)n2)CC2(C)CC12. The number of amides is 2. The number of nitrogens with zero attached hydrogens (tertiary/aromatic N) is 2. The fourth-order valence-electron chi connectivity index (χ4n) is 3.32. The largest absolute Gasteiger partial charge is 0.444 e. The normalized spacial score (nSPS) is 27.7. The van der Waals surface area contributed by atoms with Crippen molar-refractivity contribution in [3.63, 3.8) is 0 Å². The van der Waals surface area contributed by atoms with Crippen molar-refractivity contribution in [1.29, 1.82) is 0 Å². The summed E-state index contributed by atoms with van der Waals surface area (Å²) in [4.78, 5) is 30.8. The number of hydrogen-bond donors (Lipinski definition) is 1. The lowest BCUT2D eigenvalue weighted by Gasteiger charge is -2.29. The van der Waals surface area contributed by atoms with E-state index in [1.807, 2.05) is 0 Å². The average molecular weight is 414 g/mol. The molecule has 0 bridgehead atoms. The molecule has 8 heteroatoms. The Morgan fingerprint density at radius 3 is 2.68 bits per heavy atom. The van der Waals surface area contributed by atoms with Crippen molar-refractivity contribution in [1.82, 2.24) is 9.88 Å². The zero-order chi connectivity index (χ0) is 18.6. The summed E-state index contributed by atoms with van der Waals surface area (Å²) < 4.78 is 19.2. The number of fused-ring (bicyclic) bond motifs is 1. The fourth-order valence-corrected chi connectivity index (χ4v) is 3.73. The number of carbonyl (C=O) groups is 2. The van der Waals surface area contributed by atoms with Gasteiger partial charge in [0.15, 0.2) is 0 Å². The van der Waals surface area contributed by atoms with Crippen LogP contribution in [-0.2, 0) is 9.53 Å². The first-order valence-corrected chi connectivity index (χ1v) is 8.93. The molecule has 2 heterocycles. The minimum Gasteiger partial charge on any atom is -0.444 e. The van der Waals surface area contributed by atoms with Crippen molar-refractivity contribution >= 4 is 33.7 Å². The third-order valence-corrected chi connectivity index (χ3v) is 4.96. The van der Waals surface area contributed by atoms with Crippen molar-refractivity contribution in [3.8, 4) is 0 Å². The van der Waals surface area contributed by atoms with Gasteiger partial charge in [0.05, 0.1) is 0 Å².